The highest BCUT2D eigenvalue weighted by Crippen LogP contribution is 2.19. The molecule has 106 valence electrons. The summed E-state index contributed by atoms with van der Waals surface area (Å²) in [5, 5.41) is 8.64. The van der Waals surface area contributed by atoms with E-state index in [4.69, 9.17) is 5.11 Å². The fourth-order valence-electron chi connectivity index (χ4n) is 1.56. The van der Waals surface area contributed by atoms with Gasteiger partial charge in [-0.2, -0.15) is 13.2 Å². The maximum atomic E-state index is 12.4. The molecule has 0 amide bonds. The minimum absolute atomic E-state index is 0.162. The van der Waals surface area contributed by atoms with Crippen molar-refractivity contribution in [3.8, 4) is 0 Å². The standard InChI is InChI=1S/C11H12BrF3N2O2/c1-7-2-8(12)3-16-9(7)4-17(5-10(18)19)6-11(13,14)15/h2-3H,4-6H2,1H3,(H,18,19). The summed E-state index contributed by atoms with van der Waals surface area (Å²) in [6.07, 6.45) is -2.98. The molecule has 8 heteroatoms. The lowest BCUT2D eigenvalue weighted by molar-refractivity contribution is -0.155. The number of halogens is 4. The molecule has 0 aromatic carbocycles. The number of pyridine rings is 1. The Hall–Kier alpha value is -1.15. The molecular formula is C11H12BrF3N2O2. The van der Waals surface area contributed by atoms with Gasteiger partial charge in [-0.25, -0.2) is 0 Å². The summed E-state index contributed by atoms with van der Waals surface area (Å²) < 4.78 is 37.8. The number of alkyl halides is 3. The lowest BCUT2D eigenvalue weighted by Crippen LogP contribution is -2.37. The van der Waals surface area contributed by atoms with Gasteiger partial charge in [0.25, 0.3) is 0 Å². The predicted molar refractivity (Wildman–Crippen MR) is 65.6 cm³/mol. The average molecular weight is 341 g/mol. The zero-order valence-electron chi connectivity index (χ0n) is 10.0. The summed E-state index contributed by atoms with van der Waals surface area (Å²) >= 11 is 3.20. The fourth-order valence-corrected chi connectivity index (χ4v) is 2.00. The number of aromatic nitrogens is 1. The molecule has 0 saturated heterocycles. The third-order valence-corrected chi connectivity index (χ3v) is 2.72. The van der Waals surface area contributed by atoms with E-state index < -0.39 is 25.2 Å². The number of nitrogens with zero attached hydrogens (tertiary/aromatic N) is 2. The highest BCUT2D eigenvalue weighted by atomic mass is 79.9. The van der Waals surface area contributed by atoms with Gasteiger partial charge in [-0.15, -0.1) is 0 Å². The van der Waals surface area contributed by atoms with E-state index in [1.165, 1.54) is 6.20 Å². The van der Waals surface area contributed by atoms with E-state index in [9.17, 15) is 18.0 Å². The van der Waals surface area contributed by atoms with Crippen LogP contribution in [0, 0.1) is 6.92 Å². The molecule has 0 radical (unpaired) electrons. The van der Waals surface area contributed by atoms with E-state index in [1.54, 1.807) is 13.0 Å². The third-order valence-electron chi connectivity index (χ3n) is 2.29. The molecule has 1 N–H and O–H groups in total. The summed E-state index contributed by atoms with van der Waals surface area (Å²) in [6, 6.07) is 1.72. The zero-order valence-corrected chi connectivity index (χ0v) is 11.6. The van der Waals surface area contributed by atoms with Crippen LogP contribution in [0.4, 0.5) is 13.2 Å². The molecule has 1 aromatic rings. The van der Waals surface area contributed by atoms with Gasteiger partial charge in [-0.05, 0) is 34.5 Å². The van der Waals surface area contributed by atoms with Gasteiger partial charge in [-0.1, -0.05) is 0 Å². The summed E-state index contributed by atoms with van der Waals surface area (Å²) in [5.41, 5.74) is 1.13. The lowest BCUT2D eigenvalue weighted by Gasteiger charge is -2.22. The molecular weight excluding hydrogens is 329 g/mol. The van der Waals surface area contributed by atoms with Crippen molar-refractivity contribution in [2.45, 2.75) is 19.6 Å². The second kappa shape index (κ2) is 6.33. The Morgan fingerprint density at radius 1 is 1.53 bits per heavy atom. The number of hydrogen-bond acceptors (Lipinski definition) is 3. The molecule has 0 unspecified atom stereocenters. The fraction of sp³-hybridized carbons (Fsp3) is 0.455. The Labute approximate surface area is 116 Å². The van der Waals surface area contributed by atoms with Gasteiger partial charge in [-0.3, -0.25) is 14.7 Å². The largest absolute Gasteiger partial charge is 0.480 e. The molecule has 0 bridgehead atoms. The first kappa shape index (κ1) is 15.9. The summed E-state index contributed by atoms with van der Waals surface area (Å²) in [6.45, 7) is -0.419. The van der Waals surface area contributed by atoms with Crippen molar-refractivity contribution in [2.24, 2.45) is 0 Å². The lowest BCUT2D eigenvalue weighted by atomic mass is 10.2. The van der Waals surface area contributed by atoms with E-state index in [0.29, 0.717) is 15.7 Å². The van der Waals surface area contributed by atoms with E-state index in [0.717, 1.165) is 4.90 Å². The minimum Gasteiger partial charge on any atom is -0.480 e. The van der Waals surface area contributed by atoms with Crippen LogP contribution in [0.1, 0.15) is 11.3 Å². The van der Waals surface area contributed by atoms with Crippen molar-refractivity contribution in [1.82, 2.24) is 9.88 Å². The highest BCUT2D eigenvalue weighted by molar-refractivity contribution is 9.10. The van der Waals surface area contributed by atoms with Crippen molar-refractivity contribution >= 4 is 21.9 Å². The molecule has 19 heavy (non-hydrogen) atoms. The predicted octanol–water partition coefficient (Wildman–Crippen LogP) is 2.60. The maximum absolute atomic E-state index is 12.4. The van der Waals surface area contributed by atoms with Crippen molar-refractivity contribution in [3.05, 3.63) is 28.0 Å². The van der Waals surface area contributed by atoms with Crippen LogP contribution in [0.5, 0.6) is 0 Å². The quantitative estimate of drug-likeness (QED) is 0.895. The van der Waals surface area contributed by atoms with Gasteiger partial charge in [0, 0.05) is 17.2 Å². The molecule has 0 atom stereocenters. The topological polar surface area (TPSA) is 53.4 Å². The second-order valence-corrected chi connectivity index (χ2v) is 4.99. The van der Waals surface area contributed by atoms with Crippen LogP contribution in [0.25, 0.3) is 0 Å². The van der Waals surface area contributed by atoms with Crippen LogP contribution < -0.4 is 0 Å². The van der Waals surface area contributed by atoms with Crippen LogP contribution in [-0.2, 0) is 11.3 Å². The van der Waals surface area contributed by atoms with Crippen molar-refractivity contribution < 1.29 is 23.1 Å². The zero-order chi connectivity index (χ0) is 14.6. The molecule has 1 aromatic heterocycles. The molecule has 1 heterocycles. The maximum Gasteiger partial charge on any atom is 0.401 e. The number of carboxylic acids is 1. The Kier molecular flexibility index (Phi) is 5.30. The molecule has 4 nitrogen and oxygen atoms in total. The average Bonchev–Trinajstić information content (AvgIpc) is 2.18. The summed E-state index contributed by atoms with van der Waals surface area (Å²) in [5.74, 6) is -1.31. The number of hydrogen-bond donors (Lipinski definition) is 1. The molecule has 0 fully saturated rings. The first-order valence-electron chi connectivity index (χ1n) is 5.29. The van der Waals surface area contributed by atoms with E-state index in [-0.39, 0.29) is 6.54 Å². The number of rotatable bonds is 5. The molecule has 0 aliphatic rings. The van der Waals surface area contributed by atoms with Gasteiger partial charge in [0.1, 0.15) is 0 Å². The highest BCUT2D eigenvalue weighted by Gasteiger charge is 2.31. The summed E-state index contributed by atoms with van der Waals surface area (Å²) in [4.78, 5) is 15.4. The van der Waals surface area contributed by atoms with E-state index in [2.05, 4.69) is 20.9 Å². The minimum atomic E-state index is -4.45. The molecule has 0 spiro atoms. The van der Waals surface area contributed by atoms with Gasteiger partial charge < -0.3 is 5.11 Å². The molecule has 0 saturated carbocycles. The molecule has 1 rings (SSSR count). The Morgan fingerprint density at radius 3 is 2.63 bits per heavy atom. The van der Waals surface area contributed by atoms with Crippen LogP contribution in [0.3, 0.4) is 0 Å². The first-order valence-corrected chi connectivity index (χ1v) is 6.08. The van der Waals surface area contributed by atoms with Crippen molar-refractivity contribution in [1.29, 1.82) is 0 Å². The van der Waals surface area contributed by atoms with E-state index >= 15 is 0 Å². The molecule has 0 aliphatic heterocycles. The number of aryl methyl sites for hydroxylation is 1. The number of aliphatic carboxylic acids is 1. The normalized spacial score (nSPS) is 11.9. The van der Waals surface area contributed by atoms with Crippen LogP contribution in [-0.4, -0.2) is 40.2 Å². The van der Waals surface area contributed by atoms with Gasteiger partial charge in [0.05, 0.1) is 18.8 Å². The van der Waals surface area contributed by atoms with E-state index in [1.807, 2.05) is 0 Å². The Balaban J connectivity index is 2.84. The first-order chi connectivity index (χ1) is 8.67. The number of carbonyl (C=O) groups is 1. The molecule has 0 aliphatic carbocycles. The number of carboxylic acid groups (broad SMARTS) is 1. The van der Waals surface area contributed by atoms with Gasteiger partial charge >= 0.3 is 12.1 Å². The monoisotopic (exact) mass is 340 g/mol. The van der Waals surface area contributed by atoms with Crippen molar-refractivity contribution in [2.75, 3.05) is 13.1 Å². The van der Waals surface area contributed by atoms with Gasteiger partial charge in [0.2, 0.25) is 0 Å². The second-order valence-electron chi connectivity index (χ2n) is 4.07. The third kappa shape index (κ3) is 6.02. The SMILES string of the molecule is Cc1cc(Br)cnc1CN(CC(=O)O)CC(F)(F)F. The smallest absolute Gasteiger partial charge is 0.401 e. The van der Waals surface area contributed by atoms with Crippen LogP contribution in [0.2, 0.25) is 0 Å². The Morgan fingerprint density at radius 2 is 2.16 bits per heavy atom. The van der Waals surface area contributed by atoms with Crippen molar-refractivity contribution in [3.63, 3.8) is 0 Å². The van der Waals surface area contributed by atoms with Crippen LogP contribution in [0.15, 0.2) is 16.7 Å². The van der Waals surface area contributed by atoms with Gasteiger partial charge in [0.15, 0.2) is 0 Å². The summed E-state index contributed by atoms with van der Waals surface area (Å²) in [7, 11) is 0. The Bertz CT molecular complexity index is 466. The van der Waals surface area contributed by atoms with Crippen LogP contribution >= 0.6 is 15.9 Å².